The number of amides is 1. The van der Waals surface area contributed by atoms with Crippen molar-refractivity contribution < 1.29 is 9.21 Å². The van der Waals surface area contributed by atoms with E-state index in [2.05, 4.69) is 10.4 Å². The molecule has 5 heteroatoms. The van der Waals surface area contributed by atoms with Gasteiger partial charge in [0, 0.05) is 16.6 Å². The number of aryl methyl sites for hydroxylation is 1. The van der Waals surface area contributed by atoms with Crippen molar-refractivity contribution in [2.75, 3.05) is 0 Å². The van der Waals surface area contributed by atoms with E-state index < -0.39 is 0 Å². The number of nitrogens with one attached hydrogen (secondary N) is 1. The van der Waals surface area contributed by atoms with Crippen LogP contribution in [0.4, 0.5) is 0 Å². The highest BCUT2D eigenvalue weighted by molar-refractivity contribution is 5.80. The van der Waals surface area contributed by atoms with Gasteiger partial charge in [0.05, 0.1) is 23.8 Å². The summed E-state index contributed by atoms with van der Waals surface area (Å²) in [5, 5.41) is 8.69. The third kappa shape index (κ3) is 3.43. The van der Waals surface area contributed by atoms with Crippen LogP contribution in [0.3, 0.4) is 0 Å². The molecule has 2 aromatic carbocycles. The summed E-state index contributed by atoms with van der Waals surface area (Å²) in [5.74, 6) is 0.703. The second-order valence-electron chi connectivity index (χ2n) is 7.05. The minimum Gasteiger partial charge on any atom is -0.459 e. The monoisotopic (exact) mass is 373 g/mol. The minimum atomic E-state index is -0.204. The summed E-state index contributed by atoms with van der Waals surface area (Å²) in [5.41, 5.74) is 4.63. The molecule has 0 aliphatic rings. The van der Waals surface area contributed by atoms with Gasteiger partial charge in [-0.05, 0) is 45.0 Å². The van der Waals surface area contributed by atoms with Crippen LogP contribution >= 0.6 is 0 Å². The number of carbonyl (C=O) groups excluding carboxylic acids is 1. The number of benzene rings is 2. The summed E-state index contributed by atoms with van der Waals surface area (Å²) in [6, 6.07) is 19.6. The third-order valence-corrected chi connectivity index (χ3v) is 5.03. The molecule has 1 N–H and O–H groups in total. The highest BCUT2D eigenvalue weighted by Crippen LogP contribution is 2.24. The summed E-state index contributed by atoms with van der Waals surface area (Å²) in [6.07, 6.45) is 0.287. The number of nitrogens with zero attached hydrogens (tertiary/aromatic N) is 2. The first-order valence-electron chi connectivity index (χ1n) is 9.41. The summed E-state index contributed by atoms with van der Waals surface area (Å²) in [6.45, 7) is 5.87. The van der Waals surface area contributed by atoms with E-state index in [1.165, 1.54) is 0 Å². The Kier molecular flexibility index (Phi) is 4.74. The zero-order chi connectivity index (χ0) is 19.7. The predicted octanol–water partition coefficient (Wildman–Crippen LogP) is 4.66. The van der Waals surface area contributed by atoms with Gasteiger partial charge in [0.25, 0.3) is 0 Å². The van der Waals surface area contributed by atoms with Crippen molar-refractivity contribution in [3.63, 3.8) is 0 Å². The van der Waals surface area contributed by atoms with Crippen molar-refractivity contribution in [2.24, 2.45) is 0 Å². The molecule has 0 saturated carbocycles. The standard InChI is InChI=1S/C23H23N3O2/c1-15-20(17(3)26(25-15)19-10-5-4-6-11-19)14-23(27)24-16(2)22-13-18-9-7-8-12-21(18)28-22/h4-13,16H,14H2,1-3H3,(H,24,27)/t16-/m1/s1. The number of rotatable bonds is 5. The van der Waals surface area contributed by atoms with Gasteiger partial charge in [0.15, 0.2) is 0 Å². The van der Waals surface area contributed by atoms with Crippen molar-refractivity contribution in [1.82, 2.24) is 15.1 Å². The number of hydrogen-bond acceptors (Lipinski definition) is 3. The molecular weight excluding hydrogens is 350 g/mol. The smallest absolute Gasteiger partial charge is 0.225 e. The fourth-order valence-corrected chi connectivity index (χ4v) is 3.49. The predicted molar refractivity (Wildman–Crippen MR) is 110 cm³/mol. The molecule has 28 heavy (non-hydrogen) atoms. The van der Waals surface area contributed by atoms with Crippen molar-refractivity contribution in [1.29, 1.82) is 0 Å². The molecule has 0 aliphatic heterocycles. The summed E-state index contributed by atoms with van der Waals surface area (Å²) >= 11 is 0. The number of furan rings is 1. The number of hydrogen-bond donors (Lipinski definition) is 1. The Morgan fingerprint density at radius 1 is 1.11 bits per heavy atom. The maximum atomic E-state index is 12.7. The van der Waals surface area contributed by atoms with Gasteiger partial charge in [-0.2, -0.15) is 5.10 Å². The first kappa shape index (κ1) is 18.0. The van der Waals surface area contributed by atoms with Gasteiger partial charge in [-0.3, -0.25) is 4.79 Å². The lowest BCUT2D eigenvalue weighted by molar-refractivity contribution is -0.121. The minimum absolute atomic E-state index is 0.0493. The van der Waals surface area contributed by atoms with Crippen molar-refractivity contribution in [3.8, 4) is 5.69 Å². The molecule has 0 fully saturated rings. The lowest BCUT2D eigenvalue weighted by Gasteiger charge is -2.11. The van der Waals surface area contributed by atoms with Crippen LogP contribution in [-0.4, -0.2) is 15.7 Å². The summed E-state index contributed by atoms with van der Waals surface area (Å²) < 4.78 is 7.75. The number of aromatic nitrogens is 2. The normalized spacial score (nSPS) is 12.2. The average molecular weight is 373 g/mol. The van der Waals surface area contributed by atoms with E-state index >= 15 is 0 Å². The fourth-order valence-electron chi connectivity index (χ4n) is 3.49. The molecule has 1 amide bonds. The number of para-hydroxylation sites is 2. The SMILES string of the molecule is Cc1nn(-c2ccccc2)c(C)c1CC(=O)N[C@H](C)c1cc2ccccc2o1. The van der Waals surface area contributed by atoms with Crippen LogP contribution in [0.1, 0.15) is 35.7 Å². The number of fused-ring (bicyclic) bond motifs is 1. The van der Waals surface area contributed by atoms with E-state index in [9.17, 15) is 4.79 Å². The zero-order valence-corrected chi connectivity index (χ0v) is 16.3. The van der Waals surface area contributed by atoms with Gasteiger partial charge in [-0.1, -0.05) is 36.4 Å². The zero-order valence-electron chi connectivity index (χ0n) is 16.3. The van der Waals surface area contributed by atoms with Crippen molar-refractivity contribution >= 4 is 16.9 Å². The van der Waals surface area contributed by atoms with Gasteiger partial charge in [-0.25, -0.2) is 4.68 Å². The molecule has 0 saturated heterocycles. The Morgan fingerprint density at radius 3 is 2.57 bits per heavy atom. The van der Waals surface area contributed by atoms with Crippen LogP contribution in [0.5, 0.6) is 0 Å². The molecule has 4 aromatic rings. The Balaban J connectivity index is 1.50. The van der Waals surface area contributed by atoms with E-state index in [1.807, 2.05) is 86.1 Å². The maximum Gasteiger partial charge on any atom is 0.225 e. The quantitative estimate of drug-likeness (QED) is 0.554. The molecule has 2 heterocycles. The third-order valence-electron chi connectivity index (χ3n) is 5.03. The molecule has 0 spiro atoms. The Hall–Kier alpha value is -3.34. The van der Waals surface area contributed by atoms with Gasteiger partial charge in [0.1, 0.15) is 11.3 Å². The second-order valence-corrected chi connectivity index (χ2v) is 7.05. The molecule has 1 atom stereocenters. The summed E-state index contributed by atoms with van der Waals surface area (Å²) in [4.78, 5) is 12.7. The largest absolute Gasteiger partial charge is 0.459 e. The lowest BCUT2D eigenvalue weighted by Crippen LogP contribution is -2.28. The Bertz CT molecular complexity index is 1090. The molecule has 0 bridgehead atoms. The fraction of sp³-hybridized carbons (Fsp3) is 0.217. The van der Waals surface area contributed by atoms with Gasteiger partial charge >= 0.3 is 0 Å². The van der Waals surface area contributed by atoms with Crippen LogP contribution in [0.15, 0.2) is 65.1 Å². The molecule has 5 nitrogen and oxygen atoms in total. The Labute approximate surface area is 164 Å². The van der Waals surface area contributed by atoms with E-state index in [4.69, 9.17) is 4.42 Å². The van der Waals surface area contributed by atoms with Crippen molar-refractivity contribution in [3.05, 3.63) is 83.4 Å². The van der Waals surface area contributed by atoms with Gasteiger partial charge < -0.3 is 9.73 Å². The molecule has 142 valence electrons. The van der Waals surface area contributed by atoms with Gasteiger partial charge in [0.2, 0.25) is 5.91 Å². The highest BCUT2D eigenvalue weighted by atomic mass is 16.3. The van der Waals surface area contributed by atoms with Crippen molar-refractivity contribution in [2.45, 2.75) is 33.2 Å². The molecule has 0 unspecified atom stereocenters. The molecular formula is C23H23N3O2. The summed E-state index contributed by atoms with van der Waals surface area (Å²) in [7, 11) is 0. The average Bonchev–Trinajstić information content (AvgIpc) is 3.25. The molecule has 4 rings (SSSR count). The van der Waals surface area contributed by atoms with E-state index in [0.717, 1.165) is 39.4 Å². The van der Waals surface area contributed by atoms with E-state index in [0.29, 0.717) is 0 Å². The first-order valence-corrected chi connectivity index (χ1v) is 9.41. The highest BCUT2D eigenvalue weighted by Gasteiger charge is 2.19. The van der Waals surface area contributed by atoms with Crippen LogP contribution in [0.2, 0.25) is 0 Å². The lowest BCUT2D eigenvalue weighted by atomic mass is 10.1. The van der Waals surface area contributed by atoms with Gasteiger partial charge in [-0.15, -0.1) is 0 Å². The maximum absolute atomic E-state index is 12.7. The molecule has 0 aliphatic carbocycles. The topological polar surface area (TPSA) is 60.1 Å². The van der Waals surface area contributed by atoms with Crippen LogP contribution < -0.4 is 5.32 Å². The Morgan fingerprint density at radius 2 is 1.82 bits per heavy atom. The number of carbonyl (C=O) groups is 1. The molecule has 2 aromatic heterocycles. The second kappa shape index (κ2) is 7.35. The van der Waals surface area contributed by atoms with Crippen LogP contribution in [0, 0.1) is 13.8 Å². The van der Waals surface area contributed by atoms with Crippen LogP contribution in [0.25, 0.3) is 16.7 Å². The molecule has 0 radical (unpaired) electrons. The first-order chi connectivity index (χ1) is 13.5. The van der Waals surface area contributed by atoms with E-state index in [-0.39, 0.29) is 18.4 Å². The van der Waals surface area contributed by atoms with Crippen LogP contribution in [-0.2, 0) is 11.2 Å². The van der Waals surface area contributed by atoms with E-state index in [1.54, 1.807) is 0 Å².